The van der Waals surface area contributed by atoms with Crippen LogP contribution in [0, 0.1) is 11.6 Å². The van der Waals surface area contributed by atoms with Gasteiger partial charge < -0.3 is 15.4 Å². The first-order chi connectivity index (χ1) is 14.0. The Morgan fingerprint density at radius 3 is 2.31 bits per heavy atom. The monoisotopic (exact) mass is 396 g/mol. The van der Waals surface area contributed by atoms with Crippen molar-refractivity contribution in [2.45, 2.75) is 6.54 Å². The lowest BCUT2D eigenvalue weighted by atomic mass is 10.1. The fraction of sp³-hybridized carbons (Fsp3) is 0.0909. The third-order valence-electron chi connectivity index (χ3n) is 4.20. The fourth-order valence-corrected chi connectivity index (χ4v) is 2.75. The first-order valence-electron chi connectivity index (χ1n) is 8.75. The lowest BCUT2D eigenvalue weighted by Crippen LogP contribution is -2.25. The van der Waals surface area contributed by atoms with Crippen molar-refractivity contribution in [1.29, 1.82) is 0 Å². The number of para-hydroxylation sites is 1. The molecule has 2 N–H and O–H groups in total. The molecule has 0 spiro atoms. The zero-order valence-electron chi connectivity index (χ0n) is 15.5. The summed E-state index contributed by atoms with van der Waals surface area (Å²) >= 11 is 0. The Hall–Kier alpha value is -3.74. The van der Waals surface area contributed by atoms with E-state index >= 15 is 0 Å². The highest BCUT2D eigenvalue weighted by Gasteiger charge is 2.19. The number of hydrogen-bond donors (Lipinski definition) is 2. The van der Waals surface area contributed by atoms with Gasteiger partial charge in [-0.25, -0.2) is 8.78 Å². The topological polar surface area (TPSA) is 67.4 Å². The third-order valence-corrected chi connectivity index (χ3v) is 4.20. The summed E-state index contributed by atoms with van der Waals surface area (Å²) in [4.78, 5) is 24.9. The van der Waals surface area contributed by atoms with E-state index in [4.69, 9.17) is 4.74 Å². The molecule has 29 heavy (non-hydrogen) atoms. The van der Waals surface area contributed by atoms with Gasteiger partial charge >= 0.3 is 0 Å². The molecule has 0 aliphatic heterocycles. The van der Waals surface area contributed by atoms with Gasteiger partial charge in [-0.15, -0.1) is 0 Å². The Kier molecular flexibility index (Phi) is 6.19. The maximum absolute atomic E-state index is 13.8. The Morgan fingerprint density at radius 2 is 1.59 bits per heavy atom. The average molecular weight is 396 g/mol. The fourth-order valence-electron chi connectivity index (χ4n) is 2.75. The maximum atomic E-state index is 13.8. The number of rotatable bonds is 6. The molecule has 0 atom stereocenters. The van der Waals surface area contributed by atoms with Crippen LogP contribution in [0.15, 0.2) is 66.7 Å². The molecule has 3 aromatic rings. The van der Waals surface area contributed by atoms with Crippen LogP contribution in [0.4, 0.5) is 14.5 Å². The second-order valence-corrected chi connectivity index (χ2v) is 6.13. The van der Waals surface area contributed by atoms with Gasteiger partial charge in [0.05, 0.1) is 18.4 Å². The normalized spacial score (nSPS) is 10.3. The number of carbonyl (C=O) groups is 2. The predicted molar refractivity (Wildman–Crippen MR) is 105 cm³/mol. The largest absolute Gasteiger partial charge is 0.497 e. The van der Waals surface area contributed by atoms with Crippen LogP contribution in [-0.4, -0.2) is 18.9 Å². The van der Waals surface area contributed by atoms with Crippen LogP contribution in [0.2, 0.25) is 0 Å². The summed E-state index contributed by atoms with van der Waals surface area (Å²) in [6, 6.07) is 16.6. The first kappa shape index (κ1) is 20.0. The van der Waals surface area contributed by atoms with Crippen molar-refractivity contribution in [2.24, 2.45) is 0 Å². The van der Waals surface area contributed by atoms with Gasteiger partial charge in [0.2, 0.25) is 0 Å². The van der Waals surface area contributed by atoms with Gasteiger partial charge in [0.25, 0.3) is 11.8 Å². The zero-order valence-corrected chi connectivity index (χ0v) is 15.5. The van der Waals surface area contributed by atoms with Crippen LogP contribution in [0.1, 0.15) is 26.3 Å². The number of benzene rings is 3. The number of ether oxygens (including phenoxy) is 1. The van der Waals surface area contributed by atoms with Crippen molar-refractivity contribution < 1.29 is 23.1 Å². The molecular formula is C22H18F2N2O3. The lowest BCUT2D eigenvalue weighted by Gasteiger charge is -2.12. The summed E-state index contributed by atoms with van der Waals surface area (Å²) in [5, 5.41) is 5.15. The minimum absolute atomic E-state index is 0.142. The molecule has 0 aromatic heterocycles. The Labute approximate surface area is 166 Å². The van der Waals surface area contributed by atoms with Crippen molar-refractivity contribution in [3.8, 4) is 5.75 Å². The number of anilines is 1. The van der Waals surface area contributed by atoms with Crippen LogP contribution < -0.4 is 15.4 Å². The van der Waals surface area contributed by atoms with Gasteiger partial charge in [-0.2, -0.15) is 0 Å². The molecule has 0 aliphatic rings. The van der Waals surface area contributed by atoms with Crippen molar-refractivity contribution in [3.63, 3.8) is 0 Å². The third kappa shape index (κ3) is 4.76. The highest BCUT2D eigenvalue weighted by Crippen LogP contribution is 2.19. The minimum atomic E-state index is -0.984. The molecule has 0 fully saturated rings. The van der Waals surface area contributed by atoms with Gasteiger partial charge in [-0.1, -0.05) is 30.3 Å². The second-order valence-electron chi connectivity index (χ2n) is 6.13. The van der Waals surface area contributed by atoms with Gasteiger partial charge in [0, 0.05) is 6.54 Å². The molecule has 0 saturated heterocycles. The van der Waals surface area contributed by atoms with E-state index in [9.17, 15) is 18.4 Å². The van der Waals surface area contributed by atoms with Crippen molar-refractivity contribution >= 4 is 17.5 Å². The number of hydrogen-bond acceptors (Lipinski definition) is 3. The van der Waals surface area contributed by atoms with Crippen molar-refractivity contribution in [3.05, 3.63) is 95.1 Å². The predicted octanol–water partition coefficient (Wildman–Crippen LogP) is 4.16. The molecule has 0 radical (unpaired) electrons. The van der Waals surface area contributed by atoms with Crippen LogP contribution >= 0.6 is 0 Å². The SMILES string of the molecule is COc1cccc(CNC(=O)c2ccccc2NC(=O)c2c(F)cccc2F)c1. The highest BCUT2D eigenvalue weighted by atomic mass is 19.1. The second kappa shape index (κ2) is 8.97. The van der Waals surface area contributed by atoms with Crippen LogP contribution in [0.25, 0.3) is 0 Å². The summed E-state index contributed by atoms with van der Waals surface area (Å²) in [5.74, 6) is -2.73. The van der Waals surface area contributed by atoms with Crippen LogP contribution in [-0.2, 0) is 6.54 Å². The summed E-state index contributed by atoms with van der Waals surface area (Å²) in [6.07, 6.45) is 0. The van der Waals surface area contributed by atoms with E-state index in [0.717, 1.165) is 17.7 Å². The van der Waals surface area contributed by atoms with Gasteiger partial charge in [-0.05, 0) is 42.0 Å². The molecule has 0 unspecified atom stereocenters. The van der Waals surface area contributed by atoms with E-state index in [-0.39, 0.29) is 17.8 Å². The number of amides is 2. The molecule has 7 heteroatoms. The summed E-state index contributed by atoms with van der Waals surface area (Å²) in [7, 11) is 1.55. The molecule has 0 heterocycles. The number of carbonyl (C=O) groups excluding carboxylic acids is 2. The highest BCUT2D eigenvalue weighted by molar-refractivity contribution is 6.09. The number of nitrogens with one attached hydrogen (secondary N) is 2. The van der Waals surface area contributed by atoms with Gasteiger partial charge in [0.15, 0.2) is 0 Å². The van der Waals surface area contributed by atoms with E-state index in [1.54, 1.807) is 37.4 Å². The molecule has 148 valence electrons. The van der Waals surface area contributed by atoms with Crippen LogP contribution in [0.5, 0.6) is 5.75 Å². The van der Waals surface area contributed by atoms with E-state index in [0.29, 0.717) is 5.75 Å². The van der Waals surface area contributed by atoms with E-state index < -0.39 is 29.0 Å². The van der Waals surface area contributed by atoms with Crippen molar-refractivity contribution in [2.75, 3.05) is 12.4 Å². The maximum Gasteiger partial charge on any atom is 0.261 e. The molecule has 3 rings (SSSR count). The smallest absolute Gasteiger partial charge is 0.261 e. The molecule has 0 bridgehead atoms. The molecule has 3 aromatic carbocycles. The Balaban J connectivity index is 1.76. The van der Waals surface area contributed by atoms with E-state index in [1.807, 2.05) is 6.07 Å². The number of methoxy groups -OCH3 is 1. The van der Waals surface area contributed by atoms with Crippen molar-refractivity contribution in [1.82, 2.24) is 5.32 Å². The Bertz CT molecular complexity index is 1030. The van der Waals surface area contributed by atoms with Gasteiger partial charge in [-0.3, -0.25) is 9.59 Å². The molecule has 0 aliphatic carbocycles. The van der Waals surface area contributed by atoms with E-state index in [2.05, 4.69) is 10.6 Å². The number of halogens is 2. The van der Waals surface area contributed by atoms with Crippen LogP contribution in [0.3, 0.4) is 0 Å². The molecule has 5 nitrogen and oxygen atoms in total. The zero-order chi connectivity index (χ0) is 20.8. The van der Waals surface area contributed by atoms with Gasteiger partial charge in [0.1, 0.15) is 22.9 Å². The molecular weight excluding hydrogens is 378 g/mol. The molecule has 0 saturated carbocycles. The first-order valence-corrected chi connectivity index (χ1v) is 8.75. The standard InChI is InChI=1S/C22H18F2N2O3/c1-29-15-7-4-6-14(12-15)13-25-21(27)16-8-2-3-11-19(16)26-22(28)20-17(23)9-5-10-18(20)24/h2-12H,13H2,1H3,(H,25,27)(H,26,28). The lowest BCUT2D eigenvalue weighted by molar-refractivity contribution is 0.0951. The summed E-state index contributed by atoms with van der Waals surface area (Å²) in [6.45, 7) is 0.236. The minimum Gasteiger partial charge on any atom is -0.497 e. The summed E-state index contributed by atoms with van der Waals surface area (Å²) < 4.78 is 32.8. The van der Waals surface area contributed by atoms with E-state index in [1.165, 1.54) is 18.2 Å². The molecule has 2 amide bonds. The quantitative estimate of drug-likeness (QED) is 0.658. The summed E-state index contributed by atoms with van der Waals surface area (Å²) in [5.41, 5.74) is 0.426. The average Bonchev–Trinajstić information content (AvgIpc) is 2.72. The Morgan fingerprint density at radius 1 is 0.897 bits per heavy atom.